The molecule has 1 N–H and O–H groups in total. The molecule has 0 aliphatic heterocycles. The molecule has 5 nitrogen and oxygen atoms in total. The summed E-state index contributed by atoms with van der Waals surface area (Å²) < 4.78 is 5.44. The second-order valence-electron chi connectivity index (χ2n) is 6.19. The number of rotatable bonds is 5. The lowest BCUT2D eigenvalue weighted by Gasteiger charge is -2.15. The van der Waals surface area contributed by atoms with Gasteiger partial charge in [-0.1, -0.05) is 59.2 Å². The van der Waals surface area contributed by atoms with E-state index in [2.05, 4.69) is 15.3 Å². The third kappa shape index (κ3) is 4.24. The number of para-hydroxylation sites is 2. The van der Waals surface area contributed by atoms with Crippen molar-refractivity contribution in [3.05, 3.63) is 70.9 Å². The van der Waals surface area contributed by atoms with Gasteiger partial charge in [-0.15, -0.1) is 0 Å². The molecular weight excluding hydrogens is 429 g/mol. The van der Waals surface area contributed by atoms with Gasteiger partial charge in [0.1, 0.15) is 5.03 Å². The first kappa shape index (κ1) is 19.8. The average molecular weight is 444 g/mol. The van der Waals surface area contributed by atoms with Crippen molar-refractivity contribution in [2.24, 2.45) is 0 Å². The minimum absolute atomic E-state index is 0.229. The number of carbonyl (C=O) groups is 1. The molecular formula is C21H15Cl2N3O2S. The number of furan rings is 1. The van der Waals surface area contributed by atoms with Gasteiger partial charge >= 0.3 is 0 Å². The number of benzene rings is 2. The van der Waals surface area contributed by atoms with Crippen LogP contribution >= 0.6 is 35.0 Å². The predicted molar refractivity (Wildman–Crippen MR) is 118 cm³/mol. The third-order valence-corrected chi connectivity index (χ3v) is 5.91. The van der Waals surface area contributed by atoms with Crippen LogP contribution in [0, 0.1) is 0 Å². The van der Waals surface area contributed by atoms with Gasteiger partial charge in [0.25, 0.3) is 0 Å². The molecule has 0 spiro atoms. The number of hydrogen-bond donors (Lipinski definition) is 1. The smallest absolute Gasteiger partial charge is 0.237 e. The summed E-state index contributed by atoms with van der Waals surface area (Å²) in [4.78, 5) is 22.0. The Morgan fingerprint density at radius 3 is 2.52 bits per heavy atom. The lowest BCUT2D eigenvalue weighted by atomic mass is 10.2. The van der Waals surface area contributed by atoms with Crippen LogP contribution in [0.4, 0.5) is 5.69 Å². The van der Waals surface area contributed by atoms with E-state index in [-0.39, 0.29) is 5.91 Å². The fourth-order valence-electron chi connectivity index (χ4n) is 2.72. The molecule has 2 aromatic carbocycles. The number of fused-ring (bicyclic) bond motifs is 1. The monoisotopic (exact) mass is 443 g/mol. The highest BCUT2D eigenvalue weighted by Crippen LogP contribution is 2.33. The van der Waals surface area contributed by atoms with Crippen LogP contribution in [0.1, 0.15) is 6.92 Å². The Hall–Kier alpha value is -2.54. The van der Waals surface area contributed by atoms with Crippen molar-refractivity contribution in [1.29, 1.82) is 0 Å². The predicted octanol–water partition coefficient (Wildman–Crippen LogP) is 6.32. The molecule has 0 saturated carbocycles. The van der Waals surface area contributed by atoms with Gasteiger partial charge in [-0.05, 0) is 37.3 Å². The molecule has 146 valence electrons. The molecule has 8 heteroatoms. The Morgan fingerprint density at radius 2 is 1.79 bits per heavy atom. The van der Waals surface area contributed by atoms with Gasteiger partial charge in [0.2, 0.25) is 5.91 Å². The summed E-state index contributed by atoms with van der Waals surface area (Å²) in [6.07, 6.45) is 1.57. The number of anilines is 1. The molecule has 0 saturated heterocycles. The minimum Gasteiger partial charge on any atom is -0.461 e. The van der Waals surface area contributed by atoms with E-state index >= 15 is 0 Å². The van der Waals surface area contributed by atoms with E-state index < -0.39 is 5.25 Å². The summed E-state index contributed by atoms with van der Waals surface area (Å²) in [6.45, 7) is 1.80. The van der Waals surface area contributed by atoms with Gasteiger partial charge in [0.15, 0.2) is 11.6 Å². The van der Waals surface area contributed by atoms with Crippen LogP contribution in [-0.4, -0.2) is 21.1 Å². The fourth-order valence-corrected chi connectivity index (χ4v) is 4.15. The number of halogens is 2. The van der Waals surface area contributed by atoms with E-state index in [1.54, 1.807) is 43.5 Å². The molecule has 1 atom stereocenters. The number of carbonyl (C=O) groups excluding carboxylic acids is 1. The summed E-state index contributed by atoms with van der Waals surface area (Å²) in [6, 6.07) is 16.3. The van der Waals surface area contributed by atoms with Gasteiger partial charge in [-0.25, -0.2) is 9.97 Å². The van der Waals surface area contributed by atoms with Crippen molar-refractivity contribution in [2.75, 3.05) is 5.32 Å². The van der Waals surface area contributed by atoms with Crippen LogP contribution in [0.15, 0.2) is 70.3 Å². The zero-order valence-electron chi connectivity index (χ0n) is 15.2. The lowest BCUT2D eigenvalue weighted by Crippen LogP contribution is -2.23. The van der Waals surface area contributed by atoms with Crippen LogP contribution in [0.5, 0.6) is 0 Å². The van der Waals surface area contributed by atoms with Gasteiger partial charge < -0.3 is 9.73 Å². The molecule has 0 aliphatic rings. The number of thioether (sulfide) groups is 1. The highest BCUT2D eigenvalue weighted by atomic mass is 35.5. The fraction of sp³-hybridized carbons (Fsp3) is 0.0952. The molecule has 0 bridgehead atoms. The first-order valence-electron chi connectivity index (χ1n) is 8.75. The minimum atomic E-state index is -0.454. The molecule has 29 heavy (non-hydrogen) atoms. The van der Waals surface area contributed by atoms with Crippen molar-refractivity contribution < 1.29 is 9.21 Å². The Labute approximate surface area is 181 Å². The van der Waals surface area contributed by atoms with E-state index in [9.17, 15) is 4.79 Å². The lowest BCUT2D eigenvalue weighted by molar-refractivity contribution is -0.115. The zero-order valence-corrected chi connectivity index (χ0v) is 17.6. The van der Waals surface area contributed by atoms with Crippen LogP contribution in [-0.2, 0) is 4.79 Å². The highest BCUT2D eigenvalue weighted by Gasteiger charge is 2.20. The molecule has 1 amide bonds. The maximum atomic E-state index is 12.8. The van der Waals surface area contributed by atoms with Gasteiger partial charge in [-0.2, -0.15) is 0 Å². The van der Waals surface area contributed by atoms with Crippen molar-refractivity contribution in [1.82, 2.24) is 9.97 Å². The Balaban J connectivity index is 1.63. The largest absolute Gasteiger partial charge is 0.461 e. The van der Waals surface area contributed by atoms with Gasteiger partial charge in [0.05, 0.1) is 32.8 Å². The molecule has 0 fully saturated rings. The van der Waals surface area contributed by atoms with E-state index in [1.807, 2.05) is 24.3 Å². The van der Waals surface area contributed by atoms with Crippen LogP contribution in [0.25, 0.3) is 22.5 Å². The van der Waals surface area contributed by atoms with Crippen molar-refractivity contribution >= 4 is 57.5 Å². The molecule has 0 aliphatic carbocycles. The Kier molecular flexibility index (Phi) is 5.76. The molecule has 1 unspecified atom stereocenters. The van der Waals surface area contributed by atoms with Crippen LogP contribution < -0.4 is 5.32 Å². The van der Waals surface area contributed by atoms with Gasteiger partial charge in [-0.3, -0.25) is 4.79 Å². The average Bonchev–Trinajstić information content (AvgIpc) is 3.25. The highest BCUT2D eigenvalue weighted by molar-refractivity contribution is 8.00. The molecule has 0 radical (unpaired) electrons. The summed E-state index contributed by atoms with van der Waals surface area (Å²) in [5.41, 5.74) is 1.18. The van der Waals surface area contributed by atoms with E-state index in [4.69, 9.17) is 27.6 Å². The molecule has 2 heterocycles. The topological polar surface area (TPSA) is 68.0 Å². The van der Waals surface area contributed by atoms with Crippen LogP contribution in [0.3, 0.4) is 0 Å². The maximum absolute atomic E-state index is 12.8. The molecule has 4 aromatic rings. The van der Waals surface area contributed by atoms with E-state index in [1.165, 1.54) is 11.8 Å². The normalized spacial score (nSPS) is 12.1. The summed E-state index contributed by atoms with van der Waals surface area (Å²) in [5.74, 6) is 0.808. The standard InChI is InChI=1S/C21H15Cl2N3O2S/c1-12(20(27)25-18-14(22)7-4-8-15(18)23)29-21-13-6-2-3-9-16(13)24-19(26-21)17-10-5-11-28-17/h2-12H,1H3,(H,25,27). The van der Waals surface area contributed by atoms with Crippen LogP contribution in [0.2, 0.25) is 10.0 Å². The Morgan fingerprint density at radius 1 is 1.03 bits per heavy atom. The van der Waals surface area contributed by atoms with Crippen molar-refractivity contribution in [2.45, 2.75) is 17.2 Å². The van der Waals surface area contributed by atoms with E-state index in [0.717, 1.165) is 10.9 Å². The first-order valence-corrected chi connectivity index (χ1v) is 10.4. The zero-order chi connectivity index (χ0) is 20.4. The van der Waals surface area contributed by atoms with E-state index in [0.29, 0.717) is 32.3 Å². The quantitative estimate of drug-likeness (QED) is 0.288. The summed E-state index contributed by atoms with van der Waals surface area (Å²) >= 11 is 13.6. The molecule has 2 aromatic heterocycles. The second-order valence-corrected chi connectivity index (χ2v) is 8.34. The Bertz CT molecular complexity index is 1160. The number of hydrogen-bond acceptors (Lipinski definition) is 5. The number of nitrogens with zero attached hydrogens (tertiary/aromatic N) is 2. The molecule has 4 rings (SSSR count). The first-order chi connectivity index (χ1) is 14.0. The second kappa shape index (κ2) is 8.45. The third-order valence-electron chi connectivity index (χ3n) is 4.18. The number of aromatic nitrogens is 2. The van der Waals surface area contributed by atoms with Crippen molar-refractivity contribution in [3.8, 4) is 11.6 Å². The number of nitrogens with one attached hydrogen (secondary N) is 1. The maximum Gasteiger partial charge on any atom is 0.237 e. The summed E-state index contributed by atoms with van der Waals surface area (Å²) in [5, 5.41) is 4.67. The SMILES string of the molecule is CC(Sc1nc(-c2ccco2)nc2ccccc12)C(=O)Nc1c(Cl)cccc1Cl. The summed E-state index contributed by atoms with van der Waals surface area (Å²) in [7, 11) is 0. The van der Waals surface area contributed by atoms with Crippen molar-refractivity contribution in [3.63, 3.8) is 0 Å². The van der Waals surface area contributed by atoms with Gasteiger partial charge in [0, 0.05) is 5.39 Å². The number of amides is 1.